The number of ether oxygens (including phenoxy) is 1. The topological polar surface area (TPSA) is 58.6 Å². The average Bonchev–Trinajstić information content (AvgIpc) is 2.50. The molecule has 2 rings (SSSR count). The van der Waals surface area contributed by atoms with E-state index >= 15 is 0 Å². The second-order valence-corrected chi connectivity index (χ2v) is 5.17. The molecule has 128 valence electrons. The number of phenols is 1. The Kier molecular flexibility index (Phi) is 5.23. The molecule has 0 heterocycles. The van der Waals surface area contributed by atoms with Gasteiger partial charge in [-0.25, -0.2) is 0 Å². The molecule has 0 aliphatic heterocycles. The molecule has 0 unspecified atom stereocenters. The predicted octanol–water partition coefficient (Wildman–Crippen LogP) is 4.72. The van der Waals surface area contributed by atoms with Crippen molar-refractivity contribution in [2.45, 2.75) is 13.1 Å². The van der Waals surface area contributed by atoms with Crippen molar-refractivity contribution in [1.82, 2.24) is 0 Å². The number of alkyl halides is 3. The number of carbonyl (C=O) groups is 1. The van der Waals surface area contributed by atoms with E-state index in [9.17, 15) is 23.1 Å². The summed E-state index contributed by atoms with van der Waals surface area (Å²) < 4.78 is 43.7. The van der Waals surface area contributed by atoms with Gasteiger partial charge in [-0.05, 0) is 43.3 Å². The van der Waals surface area contributed by atoms with Crippen LogP contribution in [-0.2, 0) is 6.18 Å². The van der Waals surface area contributed by atoms with Crippen molar-refractivity contribution in [2.75, 3.05) is 11.9 Å². The molecule has 4 nitrogen and oxygen atoms in total. The molecule has 0 atom stereocenters. The number of hydrogen-bond donors (Lipinski definition) is 2. The fourth-order valence-electron chi connectivity index (χ4n) is 1.97. The molecule has 2 aromatic rings. The molecule has 0 aromatic heterocycles. The van der Waals surface area contributed by atoms with Crippen molar-refractivity contribution in [3.05, 3.63) is 52.5 Å². The van der Waals surface area contributed by atoms with Crippen molar-refractivity contribution in [2.24, 2.45) is 0 Å². The average molecular weight is 360 g/mol. The predicted molar refractivity (Wildman–Crippen MR) is 83.7 cm³/mol. The molecule has 2 aromatic carbocycles. The van der Waals surface area contributed by atoms with Gasteiger partial charge in [0.2, 0.25) is 0 Å². The van der Waals surface area contributed by atoms with Gasteiger partial charge in [0.25, 0.3) is 5.91 Å². The summed E-state index contributed by atoms with van der Waals surface area (Å²) in [6.07, 6.45) is -4.64. The van der Waals surface area contributed by atoms with E-state index in [1.807, 2.05) is 0 Å². The standard InChI is InChI=1S/C16H13ClF3NO3/c1-2-24-10-4-6-14(22)11(8-10)15(23)21-9-3-5-13(17)12(7-9)16(18,19)20/h3-8,22H,2H2,1H3,(H,21,23). The highest BCUT2D eigenvalue weighted by Crippen LogP contribution is 2.36. The van der Waals surface area contributed by atoms with Gasteiger partial charge in [0.05, 0.1) is 22.8 Å². The van der Waals surface area contributed by atoms with Crippen molar-refractivity contribution < 1.29 is 27.8 Å². The fraction of sp³-hybridized carbons (Fsp3) is 0.188. The van der Waals surface area contributed by atoms with Gasteiger partial charge in [-0.2, -0.15) is 13.2 Å². The number of carbonyl (C=O) groups excluding carboxylic acids is 1. The molecule has 1 amide bonds. The van der Waals surface area contributed by atoms with Gasteiger partial charge in [0.15, 0.2) is 0 Å². The Hall–Kier alpha value is -2.41. The molecular weight excluding hydrogens is 347 g/mol. The number of halogens is 4. The van der Waals surface area contributed by atoms with E-state index in [-0.39, 0.29) is 17.0 Å². The number of phenolic OH excluding ortho intramolecular Hbond substituents is 1. The molecule has 0 radical (unpaired) electrons. The van der Waals surface area contributed by atoms with Crippen LogP contribution in [0.25, 0.3) is 0 Å². The number of aromatic hydroxyl groups is 1. The first-order valence-electron chi connectivity index (χ1n) is 6.86. The second-order valence-electron chi connectivity index (χ2n) is 4.76. The normalized spacial score (nSPS) is 11.2. The van der Waals surface area contributed by atoms with E-state index in [1.165, 1.54) is 24.3 Å². The van der Waals surface area contributed by atoms with Crippen LogP contribution in [0.5, 0.6) is 11.5 Å². The van der Waals surface area contributed by atoms with Crippen molar-refractivity contribution in [3.63, 3.8) is 0 Å². The monoisotopic (exact) mass is 359 g/mol. The molecule has 0 aliphatic carbocycles. The minimum atomic E-state index is -4.64. The van der Waals surface area contributed by atoms with E-state index < -0.39 is 22.7 Å². The van der Waals surface area contributed by atoms with E-state index in [0.717, 1.165) is 12.1 Å². The summed E-state index contributed by atoms with van der Waals surface area (Å²) in [6, 6.07) is 7.04. The Morgan fingerprint density at radius 3 is 2.58 bits per heavy atom. The van der Waals surface area contributed by atoms with Crippen LogP contribution in [0, 0.1) is 0 Å². The first kappa shape index (κ1) is 17.9. The largest absolute Gasteiger partial charge is 0.507 e. The highest BCUT2D eigenvalue weighted by atomic mass is 35.5. The highest BCUT2D eigenvalue weighted by Gasteiger charge is 2.33. The van der Waals surface area contributed by atoms with Crippen LogP contribution in [0.1, 0.15) is 22.8 Å². The van der Waals surface area contributed by atoms with Gasteiger partial charge >= 0.3 is 6.18 Å². The highest BCUT2D eigenvalue weighted by molar-refractivity contribution is 6.31. The summed E-state index contributed by atoms with van der Waals surface area (Å²) in [6.45, 7) is 2.11. The van der Waals surface area contributed by atoms with Crippen LogP contribution < -0.4 is 10.1 Å². The lowest BCUT2D eigenvalue weighted by atomic mass is 10.1. The Labute approximate surface area is 140 Å². The lowest BCUT2D eigenvalue weighted by Gasteiger charge is -2.12. The third kappa shape index (κ3) is 4.11. The number of amides is 1. The van der Waals surface area contributed by atoms with Crippen LogP contribution >= 0.6 is 11.6 Å². The van der Waals surface area contributed by atoms with Crippen molar-refractivity contribution in [1.29, 1.82) is 0 Å². The zero-order chi connectivity index (χ0) is 17.9. The lowest BCUT2D eigenvalue weighted by Crippen LogP contribution is -2.14. The Morgan fingerprint density at radius 2 is 1.96 bits per heavy atom. The van der Waals surface area contributed by atoms with Gasteiger partial charge in [0, 0.05) is 5.69 Å². The van der Waals surface area contributed by atoms with Gasteiger partial charge in [-0.1, -0.05) is 11.6 Å². The van der Waals surface area contributed by atoms with Gasteiger partial charge in [0.1, 0.15) is 11.5 Å². The van der Waals surface area contributed by atoms with E-state index in [0.29, 0.717) is 12.4 Å². The summed E-state index contributed by atoms with van der Waals surface area (Å²) in [5, 5.41) is 11.6. The van der Waals surface area contributed by atoms with E-state index in [2.05, 4.69) is 5.32 Å². The molecule has 0 saturated carbocycles. The molecule has 0 bridgehead atoms. The Bertz CT molecular complexity index is 763. The molecule has 8 heteroatoms. The van der Waals surface area contributed by atoms with Crippen molar-refractivity contribution >= 4 is 23.2 Å². The van der Waals surface area contributed by atoms with Crippen LogP contribution in [-0.4, -0.2) is 17.6 Å². The summed E-state index contributed by atoms with van der Waals surface area (Å²) >= 11 is 5.53. The van der Waals surface area contributed by atoms with Crippen molar-refractivity contribution in [3.8, 4) is 11.5 Å². The van der Waals surface area contributed by atoms with Gasteiger partial charge in [-0.3, -0.25) is 4.79 Å². The number of nitrogens with one attached hydrogen (secondary N) is 1. The second kappa shape index (κ2) is 7.00. The third-order valence-corrected chi connectivity index (χ3v) is 3.38. The first-order chi connectivity index (χ1) is 11.2. The van der Waals surface area contributed by atoms with Crippen LogP contribution in [0.15, 0.2) is 36.4 Å². The van der Waals surface area contributed by atoms with Gasteiger partial charge < -0.3 is 15.2 Å². The molecule has 0 spiro atoms. The molecule has 24 heavy (non-hydrogen) atoms. The van der Waals surface area contributed by atoms with Crippen LogP contribution in [0.3, 0.4) is 0 Å². The third-order valence-electron chi connectivity index (χ3n) is 3.05. The molecular formula is C16H13ClF3NO3. The van der Waals surface area contributed by atoms with Crippen LogP contribution in [0.2, 0.25) is 5.02 Å². The first-order valence-corrected chi connectivity index (χ1v) is 7.24. The summed E-state index contributed by atoms with van der Waals surface area (Å²) in [5.41, 5.74) is -1.28. The zero-order valence-corrected chi connectivity index (χ0v) is 13.2. The fourth-order valence-corrected chi connectivity index (χ4v) is 2.20. The van der Waals surface area contributed by atoms with Gasteiger partial charge in [-0.15, -0.1) is 0 Å². The number of benzene rings is 2. The Morgan fingerprint density at radius 1 is 1.25 bits per heavy atom. The quantitative estimate of drug-likeness (QED) is 0.830. The molecule has 2 N–H and O–H groups in total. The number of hydrogen-bond acceptors (Lipinski definition) is 3. The maximum atomic E-state index is 12.8. The van der Waals surface area contributed by atoms with E-state index in [1.54, 1.807) is 6.92 Å². The summed E-state index contributed by atoms with van der Waals surface area (Å²) in [5.74, 6) is -0.738. The van der Waals surface area contributed by atoms with E-state index in [4.69, 9.17) is 16.3 Å². The minimum Gasteiger partial charge on any atom is -0.507 e. The molecule has 0 fully saturated rings. The lowest BCUT2D eigenvalue weighted by molar-refractivity contribution is -0.137. The minimum absolute atomic E-state index is 0.0991. The Balaban J connectivity index is 2.29. The van der Waals surface area contributed by atoms with Crippen LogP contribution in [0.4, 0.5) is 18.9 Å². The maximum Gasteiger partial charge on any atom is 0.417 e. The number of rotatable bonds is 4. The summed E-state index contributed by atoms with van der Waals surface area (Å²) in [4.78, 5) is 12.2. The molecule has 0 saturated heterocycles. The molecule has 0 aliphatic rings. The number of anilines is 1. The zero-order valence-electron chi connectivity index (χ0n) is 12.4. The maximum absolute atomic E-state index is 12.8. The smallest absolute Gasteiger partial charge is 0.417 e. The summed E-state index contributed by atoms with van der Waals surface area (Å²) in [7, 11) is 0. The SMILES string of the molecule is CCOc1ccc(O)c(C(=O)Nc2ccc(Cl)c(C(F)(F)F)c2)c1.